The van der Waals surface area contributed by atoms with E-state index in [1.54, 1.807) is 0 Å². The molecule has 1 heterocycles. The van der Waals surface area contributed by atoms with Crippen LogP contribution >= 0.6 is 0 Å². The summed E-state index contributed by atoms with van der Waals surface area (Å²) in [7, 11) is 2.18. The highest BCUT2D eigenvalue weighted by Gasteiger charge is 2.18. The first-order valence-corrected chi connectivity index (χ1v) is 8.02. The quantitative estimate of drug-likeness (QED) is 0.909. The maximum absolute atomic E-state index is 6.01. The van der Waals surface area contributed by atoms with Crippen LogP contribution < -0.4 is 10.6 Å². The SMILES string of the molecule is CN1CCc2cc(/C=C(/CN)C3CCCCC3)ccc21. The Hall–Kier alpha value is -1.28. The Kier molecular flexibility index (Phi) is 4.11. The minimum Gasteiger partial charge on any atom is -0.374 e. The summed E-state index contributed by atoms with van der Waals surface area (Å²) < 4.78 is 0. The van der Waals surface area contributed by atoms with Crippen LogP contribution in [0.1, 0.15) is 43.2 Å². The molecular formula is C18H26N2. The van der Waals surface area contributed by atoms with Crippen molar-refractivity contribution in [3.05, 3.63) is 34.9 Å². The molecule has 1 aromatic carbocycles. The molecule has 0 aromatic heterocycles. The summed E-state index contributed by atoms with van der Waals surface area (Å²) in [4.78, 5) is 2.34. The number of hydrogen-bond acceptors (Lipinski definition) is 2. The van der Waals surface area contributed by atoms with Crippen LogP contribution in [0.15, 0.2) is 23.8 Å². The summed E-state index contributed by atoms with van der Waals surface area (Å²) >= 11 is 0. The van der Waals surface area contributed by atoms with Crippen molar-refractivity contribution in [1.29, 1.82) is 0 Å². The van der Waals surface area contributed by atoms with Crippen molar-refractivity contribution in [3.8, 4) is 0 Å². The van der Waals surface area contributed by atoms with Gasteiger partial charge in [-0.25, -0.2) is 0 Å². The highest BCUT2D eigenvalue weighted by Crippen LogP contribution is 2.32. The molecule has 0 atom stereocenters. The zero-order valence-electron chi connectivity index (χ0n) is 12.6. The van der Waals surface area contributed by atoms with Crippen molar-refractivity contribution >= 4 is 11.8 Å². The predicted octanol–water partition coefficient (Wildman–Crippen LogP) is 3.60. The standard InChI is InChI=1S/C18H26N2/c1-20-10-9-16-11-14(7-8-18(16)20)12-17(13-19)15-5-3-2-4-6-15/h7-8,11-12,15H,2-6,9-10,13,19H2,1H3/b17-12-. The Balaban J connectivity index is 1.82. The molecule has 0 radical (unpaired) electrons. The van der Waals surface area contributed by atoms with Crippen molar-refractivity contribution in [2.75, 3.05) is 25.0 Å². The second kappa shape index (κ2) is 6.01. The molecule has 3 rings (SSSR count). The average molecular weight is 270 g/mol. The third-order valence-corrected chi connectivity index (χ3v) is 4.95. The number of likely N-dealkylation sites (N-methyl/N-ethyl adjacent to an activating group) is 1. The van der Waals surface area contributed by atoms with Gasteiger partial charge in [0.25, 0.3) is 0 Å². The first-order chi connectivity index (χ1) is 9.78. The lowest BCUT2D eigenvalue weighted by molar-refractivity contribution is 0.401. The van der Waals surface area contributed by atoms with E-state index in [0.29, 0.717) is 6.54 Å². The van der Waals surface area contributed by atoms with Gasteiger partial charge >= 0.3 is 0 Å². The van der Waals surface area contributed by atoms with Gasteiger partial charge in [0.1, 0.15) is 0 Å². The van der Waals surface area contributed by atoms with Gasteiger partial charge in [0.15, 0.2) is 0 Å². The average Bonchev–Trinajstić information content (AvgIpc) is 2.86. The van der Waals surface area contributed by atoms with E-state index >= 15 is 0 Å². The van der Waals surface area contributed by atoms with Crippen molar-refractivity contribution in [2.45, 2.75) is 38.5 Å². The van der Waals surface area contributed by atoms with Crippen LogP contribution in [0.3, 0.4) is 0 Å². The van der Waals surface area contributed by atoms with Gasteiger partial charge < -0.3 is 10.6 Å². The summed E-state index contributed by atoms with van der Waals surface area (Å²) in [6, 6.07) is 6.87. The van der Waals surface area contributed by atoms with Gasteiger partial charge in [0.05, 0.1) is 0 Å². The Morgan fingerprint density at radius 2 is 2.10 bits per heavy atom. The molecule has 0 saturated heterocycles. The maximum atomic E-state index is 6.01. The molecule has 0 unspecified atom stereocenters. The van der Waals surface area contributed by atoms with Gasteiger partial charge in [0.2, 0.25) is 0 Å². The first kappa shape index (κ1) is 13.7. The second-order valence-electron chi connectivity index (χ2n) is 6.32. The molecule has 1 fully saturated rings. The van der Waals surface area contributed by atoms with Gasteiger partial charge in [0, 0.05) is 25.8 Å². The summed E-state index contributed by atoms with van der Waals surface area (Å²) in [5.74, 6) is 0.727. The summed E-state index contributed by atoms with van der Waals surface area (Å²) in [5, 5.41) is 0. The van der Waals surface area contributed by atoms with Gasteiger partial charge in [-0.3, -0.25) is 0 Å². The maximum Gasteiger partial charge on any atom is 0.0397 e. The van der Waals surface area contributed by atoms with Crippen molar-refractivity contribution in [1.82, 2.24) is 0 Å². The van der Waals surface area contributed by atoms with Gasteiger partial charge in [-0.1, -0.05) is 37.0 Å². The third kappa shape index (κ3) is 2.76. The number of anilines is 1. The van der Waals surface area contributed by atoms with Crippen LogP contribution in [-0.2, 0) is 6.42 Å². The van der Waals surface area contributed by atoms with Gasteiger partial charge in [-0.05, 0) is 48.4 Å². The fourth-order valence-corrected chi connectivity index (χ4v) is 3.71. The zero-order valence-corrected chi connectivity index (χ0v) is 12.6. The molecule has 1 aliphatic carbocycles. The number of nitrogens with two attached hydrogens (primary N) is 1. The fraction of sp³-hybridized carbons (Fsp3) is 0.556. The van der Waals surface area contributed by atoms with E-state index in [-0.39, 0.29) is 0 Å². The topological polar surface area (TPSA) is 29.3 Å². The van der Waals surface area contributed by atoms with E-state index in [2.05, 4.69) is 36.2 Å². The Bertz CT molecular complexity index is 498. The van der Waals surface area contributed by atoms with Crippen LogP contribution in [0.4, 0.5) is 5.69 Å². The van der Waals surface area contributed by atoms with E-state index < -0.39 is 0 Å². The smallest absolute Gasteiger partial charge is 0.0397 e. The van der Waals surface area contributed by atoms with E-state index in [4.69, 9.17) is 5.73 Å². The Morgan fingerprint density at radius 1 is 1.30 bits per heavy atom. The molecule has 108 valence electrons. The van der Waals surface area contributed by atoms with E-state index in [0.717, 1.165) is 12.5 Å². The normalized spacial score (nSPS) is 20.3. The predicted molar refractivity (Wildman–Crippen MR) is 87.0 cm³/mol. The van der Waals surface area contributed by atoms with E-state index in [1.807, 2.05) is 0 Å². The Labute approximate surface area is 122 Å². The molecule has 0 bridgehead atoms. The number of benzene rings is 1. The molecule has 2 nitrogen and oxygen atoms in total. The highest BCUT2D eigenvalue weighted by atomic mass is 15.1. The lowest BCUT2D eigenvalue weighted by Gasteiger charge is -2.24. The molecule has 0 spiro atoms. The molecule has 2 heteroatoms. The molecule has 2 aliphatic rings. The molecule has 20 heavy (non-hydrogen) atoms. The number of rotatable bonds is 3. The van der Waals surface area contributed by atoms with Crippen LogP contribution in [0, 0.1) is 5.92 Å². The minimum absolute atomic E-state index is 0.710. The van der Waals surface area contributed by atoms with Crippen LogP contribution in [-0.4, -0.2) is 20.1 Å². The second-order valence-corrected chi connectivity index (χ2v) is 6.32. The zero-order chi connectivity index (χ0) is 13.9. The molecule has 1 aliphatic heterocycles. The van der Waals surface area contributed by atoms with Crippen LogP contribution in [0.25, 0.3) is 6.08 Å². The molecule has 2 N–H and O–H groups in total. The third-order valence-electron chi connectivity index (χ3n) is 4.95. The number of hydrogen-bond donors (Lipinski definition) is 1. The Morgan fingerprint density at radius 3 is 2.85 bits per heavy atom. The van der Waals surface area contributed by atoms with Crippen LogP contribution in [0.5, 0.6) is 0 Å². The summed E-state index contributed by atoms with van der Waals surface area (Å²) in [6.07, 6.45) is 10.3. The molecular weight excluding hydrogens is 244 g/mol. The minimum atomic E-state index is 0.710. The number of nitrogens with zero attached hydrogens (tertiary/aromatic N) is 1. The lowest BCUT2D eigenvalue weighted by atomic mass is 9.83. The van der Waals surface area contributed by atoms with Crippen molar-refractivity contribution in [3.63, 3.8) is 0 Å². The molecule has 1 aromatic rings. The highest BCUT2D eigenvalue weighted by molar-refractivity contribution is 5.64. The summed E-state index contributed by atoms with van der Waals surface area (Å²) in [6.45, 7) is 1.86. The molecule has 1 saturated carbocycles. The fourth-order valence-electron chi connectivity index (χ4n) is 3.71. The van der Waals surface area contributed by atoms with E-state index in [1.165, 1.54) is 60.9 Å². The lowest BCUT2D eigenvalue weighted by Crippen LogP contribution is -2.16. The molecule has 0 amide bonds. The first-order valence-electron chi connectivity index (χ1n) is 8.02. The van der Waals surface area contributed by atoms with Crippen molar-refractivity contribution < 1.29 is 0 Å². The number of fused-ring (bicyclic) bond motifs is 1. The van der Waals surface area contributed by atoms with E-state index in [9.17, 15) is 0 Å². The van der Waals surface area contributed by atoms with Gasteiger partial charge in [-0.2, -0.15) is 0 Å². The monoisotopic (exact) mass is 270 g/mol. The summed E-state index contributed by atoms with van der Waals surface area (Å²) in [5.41, 5.74) is 11.7. The largest absolute Gasteiger partial charge is 0.374 e. The van der Waals surface area contributed by atoms with Crippen LogP contribution in [0.2, 0.25) is 0 Å². The van der Waals surface area contributed by atoms with Crippen molar-refractivity contribution in [2.24, 2.45) is 11.7 Å². The van der Waals surface area contributed by atoms with Gasteiger partial charge in [-0.15, -0.1) is 0 Å².